The Morgan fingerprint density at radius 3 is 2.36 bits per heavy atom. The van der Waals surface area contributed by atoms with E-state index in [2.05, 4.69) is 64.0 Å². The summed E-state index contributed by atoms with van der Waals surface area (Å²) in [7, 11) is 0. The van der Waals surface area contributed by atoms with E-state index in [-0.39, 0.29) is 18.1 Å². The first-order valence-electron chi connectivity index (χ1n) is 10.3. The van der Waals surface area contributed by atoms with Crippen LogP contribution >= 0.6 is 45.2 Å². The van der Waals surface area contributed by atoms with Gasteiger partial charge in [0.1, 0.15) is 18.2 Å². The van der Waals surface area contributed by atoms with Crippen molar-refractivity contribution in [2.75, 3.05) is 0 Å². The van der Waals surface area contributed by atoms with Crippen molar-refractivity contribution in [3.05, 3.63) is 102 Å². The Morgan fingerprint density at radius 2 is 1.73 bits per heavy atom. The molecule has 0 atom stereocenters. The molecule has 1 aliphatic rings. The zero-order valence-electron chi connectivity index (χ0n) is 17.9. The highest BCUT2D eigenvalue weighted by atomic mass is 127. The van der Waals surface area contributed by atoms with Crippen molar-refractivity contribution >= 4 is 63.1 Å². The fourth-order valence-electron chi connectivity index (χ4n) is 3.27. The van der Waals surface area contributed by atoms with Gasteiger partial charge in [-0.05, 0) is 98.6 Å². The van der Waals surface area contributed by atoms with Gasteiger partial charge in [-0.3, -0.25) is 0 Å². The molecule has 1 aliphatic heterocycles. The highest BCUT2D eigenvalue weighted by molar-refractivity contribution is 14.1. The van der Waals surface area contributed by atoms with E-state index in [1.54, 1.807) is 24.3 Å². The minimum absolute atomic E-state index is 0.134. The standard InChI is InChI=1S/C26H20FI2NO3/c1-15(2)17-7-9-18(10-8-17)25-30-23(26(31)33-25)13-16-11-21(28)24(22(29)12-16)32-14-19-5-3-4-6-20(19)27/h3-13,15H,14H2,1-2H3/b23-13-. The van der Waals surface area contributed by atoms with Crippen LogP contribution in [0.4, 0.5) is 4.39 Å². The average Bonchev–Trinajstić information content (AvgIpc) is 3.14. The molecule has 0 spiro atoms. The Hall–Kier alpha value is -2.27. The lowest BCUT2D eigenvalue weighted by Gasteiger charge is -2.12. The molecule has 0 bridgehead atoms. The first-order valence-corrected chi connectivity index (χ1v) is 12.5. The molecule has 0 unspecified atom stereocenters. The number of carbonyl (C=O) groups excluding carboxylic acids is 1. The van der Waals surface area contributed by atoms with Crippen LogP contribution in [0.1, 0.15) is 42.0 Å². The summed E-state index contributed by atoms with van der Waals surface area (Å²) in [5.74, 6) is 0.617. The number of nitrogens with zero attached hydrogens (tertiary/aromatic N) is 1. The molecule has 7 heteroatoms. The van der Waals surface area contributed by atoms with Crippen molar-refractivity contribution in [3.8, 4) is 5.75 Å². The van der Waals surface area contributed by atoms with Crippen LogP contribution in [0.5, 0.6) is 5.75 Å². The van der Waals surface area contributed by atoms with Crippen LogP contribution in [0.25, 0.3) is 6.08 Å². The molecule has 33 heavy (non-hydrogen) atoms. The molecule has 0 saturated heterocycles. The summed E-state index contributed by atoms with van der Waals surface area (Å²) in [5, 5.41) is 0. The SMILES string of the molecule is CC(C)c1ccc(C2=N/C(=C\c3cc(I)c(OCc4ccccc4F)c(I)c3)C(=O)O2)cc1. The van der Waals surface area contributed by atoms with Crippen molar-refractivity contribution < 1.29 is 18.7 Å². The van der Waals surface area contributed by atoms with Gasteiger partial charge in [0.2, 0.25) is 5.90 Å². The summed E-state index contributed by atoms with van der Waals surface area (Å²) in [6.07, 6.45) is 1.70. The number of halogens is 3. The van der Waals surface area contributed by atoms with Crippen molar-refractivity contribution in [1.29, 1.82) is 0 Å². The third-order valence-electron chi connectivity index (χ3n) is 5.10. The third kappa shape index (κ3) is 5.63. The highest BCUT2D eigenvalue weighted by Gasteiger charge is 2.24. The van der Waals surface area contributed by atoms with E-state index in [0.29, 0.717) is 23.1 Å². The second kappa shape index (κ2) is 10.3. The van der Waals surface area contributed by atoms with Crippen molar-refractivity contribution in [2.24, 2.45) is 4.99 Å². The molecule has 4 rings (SSSR count). The molecule has 3 aromatic carbocycles. The van der Waals surface area contributed by atoms with E-state index in [1.807, 2.05) is 36.4 Å². The van der Waals surface area contributed by atoms with Crippen LogP contribution in [-0.4, -0.2) is 11.9 Å². The number of rotatable bonds is 6. The molecule has 0 N–H and O–H groups in total. The number of benzene rings is 3. The molecular formula is C26H20FI2NO3. The molecule has 0 aromatic heterocycles. The van der Waals surface area contributed by atoms with Crippen LogP contribution in [-0.2, 0) is 16.1 Å². The third-order valence-corrected chi connectivity index (χ3v) is 6.70. The van der Waals surface area contributed by atoms with Gasteiger partial charge in [0.25, 0.3) is 0 Å². The second-order valence-corrected chi connectivity index (χ2v) is 10.1. The number of hydrogen-bond acceptors (Lipinski definition) is 4. The topological polar surface area (TPSA) is 47.9 Å². The first-order chi connectivity index (χ1) is 15.8. The maximum Gasteiger partial charge on any atom is 0.363 e. The second-order valence-electron chi connectivity index (χ2n) is 7.81. The lowest BCUT2D eigenvalue weighted by molar-refractivity contribution is -0.129. The van der Waals surface area contributed by atoms with Crippen molar-refractivity contribution in [3.63, 3.8) is 0 Å². The molecule has 0 aliphatic carbocycles. The van der Waals surface area contributed by atoms with Crippen LogP contribution in [0.3, 0.4) is 0 Å². The monoisotopic (exact) mass is 667 g/mol. The summed E-state index contributed by atoms with van der Waals surface area (Å²) in [6, 6.07) is 18.2. The van der Waals surface area contributed by atoms with Gasteiger partial charge in [0.15, 0.2) is 5.70 Å². The lowest BCUT2D eigenvalue weighted by Crippen LogP contribution is -2.05. The number of hydrogen-bond donors (Lipinski definition) is 0. The summed E-state index contributed by atoms with van der Waals surface area (Å²) < 4.78 is 26.9. The summed E-state index contributed by atoms with van der Waals surface area (Å²) >= 11 is 4.34. The van der Waals surface area contributed by atoms with Gasteiger partial charge >= 0.3 is 5.97 Å². The van der Waals surface area contributed by atoms with Crippen molar-refractivity contribution in [1.82, 2.24) is 0 Å². The smallest absolute Gasteiger partial charge is 0.363 e. The fourth-order valence-corrected chi connectivity index (χ4v) is 5.39. The van der Waals surface area contributed by atoms with E-state index in [4.69, 9.17) is 9.47 Å². The zero-order chi connectivity index (χ0) is 23.5. The molecule has 0 fully saturated rings. The molecular weight excluding hydrogens is 647 g/mol. The Balaban J connectivity index is 1.54. The van der Waals surface area contributed by atoms with Crippen LogP contribution < -0.4 is 4.74 Å². The molecule has 1 heterocycles. The van der Waals surface area contributed by atoms with Crippen LogP contribution in [0.15, 0.2) is 71.4 Å². The van der Waals surface area contributed by atoms with E-state index >= 15 is 0 Å². The number of aliphatic imine (C=N–C) groups is 1. The minimum Gasteiger partial charge on any atom is -0.487 e. The summed E-state index contributed by atoms with van der Waals surface area (Å²) in [6.45, 7) is 4.39. The maximum absolute atomic E-state index is 13.9. The molecule has 168 valence electrons. The van der Waals surface area contributed by atoms with E-state index in [1.165, 1.54) is 11.6 Å². The van der Waals surface area contributed by atoms with Gasteiger partial charge < -0.3 is 9.47 Å². The average molecular weight is 667 g/mol. The van der Waals surface area contributed by atoms with E-state index < -0.39 is 5.97 Å². The maximum atomic E-state index is 13.9. The van der Waals surface area contributed by atoms with E-state index in [0.717, 1.165) is 18.3 Å². The Kier molecular flexibility index (Phi) is 7.48. The number of ether oxygens (including phenoxy) is 2. The lowest BCUT2D eigenvalue weighted by atomic mass is 10.0. The number of cyclic esters (lactones) is 1. The Bertz CT molecular complexity index is 1240. The van der Waals surface area contributed by atoms with Gasteiger partial charge in [0, 0.05) is 11.1 Å². The predicted octanol–water partition coefficient (Wildman–Crippen LogP) is 7.08. The fraction of sp³-hybridized carbons (Fsp3) is 0.154. The number of esters is 1. The molecule has 3 aromatic rings. The molecule has 0 radical (unpaired) electrons. The predicted molar refractivity (Wildman–Crippen MR) is 144 cm³/mol. The van der Waals surface area contributed by atoms with Gasteiger partial charge in [-0.25, -0.2) is 14.2 Å². The molecule has 0 saturated carbocycles. The van der Waals surface area contributed by atoms with Crippen LogP contribution in [0.2, 0.25) is 0 Å². The zero-order valence-corrected chi connectivity index (χ0v) is 22.3. The summed E-state index contributed by atoms with van der Waals surface area (Å²) in [4.78, 5) is 16.8. The highest BCUT2D eigenvalue weighted by Crippen LogP contribution is 2.31. The first kappa shape index (κ1) is 23.9. The van der Waals surface area contributed by atoms with Crippen molar-refractivity contribution in [2.45, 2.75) is 26.4 Å². The molecule has 4 nitrogen and oxygen atoms in total. The Morgan fingerprint density at radius 1 is 1.06 bits per heavy atom. The van der Waals surface area contributed by atoms with Gasteiger partial charge in [0.05, 0.1) is 7.14 Å². The summed E-state index contributed by atoms with van der Waals surface area (Å²) in [5.41, 5.74) is 3.50. The minimum atomic E-state index is -0.483. The quantitative estimate of drug-likeness (QED) is 0.161. The van der Waals surface area contributed by atoms with E-state index in [9.17, 15) is 9.18 Å². The normalized spacial score (nSPS) is 14.5. The molecule has 0 amide bonds. The van der Waals surface area contributed by atoms with Gasteiger partial charge in [-0.1, -0.05) is 44.2 Å². The van der Waals surface area contributed by atoms with Gasteiger partial charge in [-0.15, -0.1) is 0 Å². The Labute approximate surface area is 219 Å². The largest absolute Gasteiger partial charge is 0.487 e. The van der Waals surface area contributed by atoms with Gasteiger partial charge in [-0.2, -0.15) is 0 Å². The number of carbonyl (C=O) groups is 1. The van der Waals surface area contributed by atoms with Crippen LogP contribution in [0, 0.1) is 13.0 Å².